The number of hydrogen-bond acceptors (Lipinski definition) is 6. The number of nitrogens with one attached hydrogen (secondary N) is 2. The van der Waals surface area contributed by atoms with Crippen LogP contribution < -0.4 is 16.4 Å². The molecule has 1 heterocycles. The van der Waals surface area contributed by atoms with Gasteiger partial charge in [0, 0.05) is 30.3 Å². The van der Waals surface area contributed by atoms with E-state index in [4.69, 9.17) is 5.73 Å². The number of ketones is 1. The smallest absolute Gasteiger partial charge is 0.247 e. The van der Waals surface area contributed by atoms with E-state index in [1.165, 1.54) is 6.07 Å². The molecule has 3 atom stereocenters. The molecule has 1 aliphatic heterocycles. The molecule has 0 aromatic heterocycles. The van der Waals surface area contributed by atoms with Crippen LogP contribution in [0.1, 0.15) is 40.7 Å². The summed E-state index contributed by atoms with van der Waals surface area (Å²) in [5.41, 5.74) is 8.16. The van der Waals surface area contributed by atoms with Crippen molar-refractivity contribution < 1.29 is 28.3 Å². The lowest BCUT2D eigenvalue weighted by atomic mass is 9.92. The highest BCUT2D eigenvalue weighted by Crippen LogP contribution is 2.26. The van der Waals surface area contributed by atoms with E-state index in [0.29, 0.717) is 5.56 Å². The molecule has 3 aromatic rings. The third-order valence-corrected chi connectivity index (χ3v) is 6.97. The molecule has 2 amide bonds. The van der Waals surface area contributed by atoms with E-state index >= 15 is 0 Å². The van der Waals surface area contributed by atoms with Gasteiger partial charge in [0.1, 0.15) is 12.3 Å². The number of carbonyl (C=O) groups excluding carboxylic acids is 3. The number of nitrogens with two attached hydrogens (primary N) is 1. The van der Waals surface area contributed by atoms with Gasteiger partial charge in [0.05, 0.1) is 6.04 Å². The number of rotatable bonds is 11. The van der Waals surface area contributed by atoms with E-state index in [1.54, 1.807) is 29.2 Å². The Bertz CT molecular complexity index is 1350. The van der Waals surface area contributed by atoms with Gasteiger partial charge in [-0.1, -0.05) is 54.6 Å². The minimum atomic E-state index is -1.12. The summed E-state index contributed by atoms with van der Waals surface area (Å²) in [5, 5.41) is 16.3. The fourth-order valence-electron chi connectivity index (χ4n) is 4.80. The zero-order chi connectivity index (χ0) is 28.6. The maximum absolute atomic E-state index is 13.6. The van der Waals surface area contributed by atoms with E-state index in [1.807, 2.05) is 30.3 Å². The van der Waals surface area contributed by atoms with Gasteiger partial charge in [-0.3, -0.25) is 19.3 Å². The standard InChI is InChI=1S/C30H32F2N4O4/c31-23-11-10-22(17-24(23)32)34-29(39)25(14-15-33)35-30(40)26-16-20-8-4-5-9-21(20)18-36(26)28(38)13-12-27(37)19-6-2-1-3-7-19/h1-11,17,25-26,28,38H,12-16,18,33H2,(H,34,39)(H,35,40)/t25-,26-,28?/m0/s1. The Hall–Kier alpha value is -3.99. The molecule has 0 saturated carbocycles. The molecule has 3 aromatic carbocycles. The Morgan fingerprint density at radius 2 is 1.65 bits per heavy atom. The fourth-order valence-corrected chi connectivity index (χ4v) is 4.80. The molecule has 0 radical (unpaired) electrons. The van der Waals surface area contributed by atoms with Gasteiger partial charge < -0.3 is 21.5 Å². The molecule has 5 N–H and O–H groups in total. The molecule has 0 saturated heterocycles. The Balaban J connectivity index is 1.48. The van der Waals surface area contributed by atoms with Crippen LogP contribution in [0.5, 0.6) is 0 Å². The van der Waals surface area contributed by atoms with Gasteiger partial charge >= 0.3 is 0 Å². The Morgan fingerprint density at radius 1 is 0.950 bits per heavy atom. The SMILES string of the molecule is NCC[C@H](NC(=O)[C@@H]1Cc2ccccc2CN1C(O)CCC(=O)c1ccccc1)C(=O)Nc1ccc(F)c(F)c1. The lowest BCUT2D eigenvalue weighted by Gasteiger charge is -2.39. The minimum Gasteiger partial charge on any atom is -0.378 e. The van der Waals surface area contributed by atoms with Crippen LogP contribution in [0.25, 0.3) is 0 Å². The van der Waals surface area contributed by atoms with Crippen LogP contribution in [0.15, 0.2) is 72.8 Å². The van der Waals surface area contributed by atoms with Crippen molar-refractivity contribution in [2.45, 2.75) is 50.5 Å². The number of nitrogens with zero attached hydrogens (tertiary/aromatic N) is 1. The van der Waals surface area contributed by atoms with Crippen molar-refractivity contribution in [2.75, 3.05) is 11.9 Å². The lowest BCUT2D eigenvalue weighted by Crippen LogP contribution is -2.57. The van der Waals surface area contributed by atoms with Crippen molar-refractivity contribution in [3.8, 4) is 0 Å². The molecule has 0 bridgehead atoms. The summed E-state index contributed by atoms with van der Waals surface area (Å²) in [5.74, 6) is -3.42. The van der Waals surface area contributed by atoms with Crippen LogP contribution in [0, 0.1) is 11.6 Å². The largest absolute Gasteiger partial charge is 0.378 e. The molecule has 0 spiro atoms. The number of aliphatic hydroxyl groups is 1. The first kappa shape index (κ1) is 29.0. The number of hydrogen-bond donors (Lipinski definition) is 4. The van der Waals surface area contributed by atoms with E-state index in [2.05, 4.69) is 10.6 Å². The topological polar surface area (TPSA) is 125 Å². The van der Waals surface area contributed by atoms with E-state index in [0.717, 1.165) is 23.3 Å². The van der Waals surface area contributed by atoms with Crippen LogP contribution in [-0.4, -0.2) is 52.5 Å². The quantitative estimate of drug-likeness (QED) is 0.272. The first-order valence-corrected chi connectivity index (χ1v) is 13.1. The average Bonchev–Trinajstić information content (AvgIpc) is 2.97. The molecule has 1 aliphatic rings. The van der Waals surface area contributed by atoms with E-state index < -0.39 is 41.8 Å². The zero-order valence-corrected chi connectivity index (χ0v) is 21.9. The van der Waals surface area contributed by atoms with Gasteiger partial charge in [0.15, 0.2) is 17.4 Å². The van der Waals surface area contributed by atoms with Crippen LogP contribution >= 0.6 is 0 Å². The first-order valence-electron chi connectivity index (χ1n) is 13.1. The van der Waals surface area contributed by atoms with Gasteiger partial charge in [-0.15, -0.1) is 0 Å². The molecular weight excluding hydrogens is 518 g/mol. The molecule has 4 rings (SSSR count). The van der Waals surface area contributed by atoms with Gasteiger partial charge in [-0.2, -0.15) is 0 Å². The van der Waals surface area contributed by atoms with Crippen molar-refractivity contribution >= 4 is 23.3 Å². The molecule has 1 unspecified atom stereocenters. The van der Waals surface area contributed by atoms with Gasteiger partial charge in [0.2, 0.25) is 11.8 Å². The number of amides is 2. The van der Waals surface area contributed by atoms with Crippen LogP contribution in [0.4, 0.5) is 14.5 Å². The van der Waals surface area contributed by atoms with Crippen LogP contribution in [-0.2, 0) is 22.6 Å². The highest BCUT2D eigenvalue weighted by molar-refractivity contribution is 5.98. The van der Waals surface area contributed by atoms with Gasteiger partial charge in [-0.25, -0.2) is 8.78 Å². The molecular formula is C30H32F2N4O4. The highest BCUT2D eigenvalue weighted by atomic mass is 19.2. The summed E-state index contributed by atoms with van der Waals surface area (Å²) < 4.78 is 26.9. The number of Topliss-reactive ketones (excluding diaryl/α,β-unsaturated/α-hetero) is 1. The van der Waals surface area contributed by atoms with Crippen molar-refractivity contribution in [1.29, 1.82) is 0 Å². The minimum absolute atomic E-state index is 0.0342. The third kappa shape index (κ3) is 7.15. The molecule has 210 valence electrons. The molecule has 8 nitrogen and oxygen atoms in total. The summed E-state index contributed by atoms with van der Waals surface area (Å²) in [6.07, 6.45) is -0.516. The van der Waals surface area contributed by atoms with Crippen molar-refractivity contribution in [1.82, 2.24) is 10.2 Å². The monoisotopic (exact) mass is 550 g/mol. The highest BCUT2D eigenvalue weighted by Gasteiger charge is 2.36. The summed E-state index contributed by atoms with van der Waals surface area (Å²) in [4.78, 5) is 40.8. The number of halogens is 2. The predicted octanol–water partition coefficient (Wildman–Crippen LogP) is 3.15. The lowest BCUT2D eigenvalue weighted by molar-refractivity contribution is -0.136. The number of fused-ring (bicyclic) bond motifs is 1. The van der Waals surface area contributed by atoms with E-state index in [-0.39, 0.29) is 50.2 Å². The van der Waals surface area contributed by atoms with Gasteiger partial charge in [0.25, 0.3) is 0 Å². The second-order valence-corrected chi connectivity index (χ2v) is 9.73. The van der Waals surface area contributed by atoms with Crippen LogP contribution in [0.2, 0.25) is 0 Å². The van der Waals surface area contributed by atoms with Crippen molar-refractivity contribution in [3.63, 3.8) is 0 Å². The second kappa shape index (κ2) is 13.4. The summed E-state index contributed by atoms with van der Waals surface area (Å²) in [7, 11) is 0. The number of benzene rings is 3. The summed E-state index contributed by atoms with van der Waals surface area (Å²) >= 11 is 0. The van der Waals surface area contributed by atoms with Gasteiger partial charge in [-0.05, 0) is 49.1 Å². The maximum atomic E-state index is 13.6. The molecule has 0 aliphatic carbocycles. The molecule has 0 fully saturated rings. The summed E-state index contributed by atoms with van der Waals surface area (Å²) in [6, 6.07) is 17.4. The molecule has 10 heteroatoms. The Kier molecular flexibility index (Phi) is 9.70. The normalized spacial score (nSPS) is 16.4. The zero-order valence-electron chi connectivity index (χ0n) is 21.9. The second-order valence-electron chi connectivity index (χ2n) is 9.73. The maximum Gasteiger partial charge on any atom is 0.247 e. The fraction of sp³-hybridized carbons (Fsp3) is 0.300. The average molecular weight is 551 g/mol. The van der Waals surface area contributed by atoms with Crippen molar-refractivity contribution in [3.05, 3.63) is 101 Å². The number of carbonyl (C=O) groups is 3. The van der Waals surface area contributed by atoms with Crippen molar-refractivity contribution in [2.24, 2.45) is 5.73 Å². The molecule has 40 heavy (non-hydrogen) atoms. The number of anilines is 1. The number of aliphatic hydroxyl groups excluding tert-OH is 1. The first-order chi connectivity index (χ1) is 19.3. The van der Waals surface area contributed by atoms with Crippen LogP contribution in [0.3, 0.4) is 0 Å². The Labute approximate surface area is 231 Å². The van der Waals surface area contributed by atoms with E-state index in [9.17, 15) is 28.3 Å². The predicted molar refractivity (Wildman–Crippen MR) is 146 cm³/mol. The third-order valence-electron chi connectivity index (χ3n) is 6.97. The summed E-state index contributed by atoms with van der Waals surface area (Å²) in [6.45, 7) is 0.356. The Morgan fingerprint density at radius 3 is 2.35 bits per heavy atom.